The fraction of sp³-hybridized carbons (Fsp3) is 0.350. The van der Waals surface area contributed by atoms with Crippen LogP contribution in [0.4, 0.5) is 16.2 Å². The second-order valence-corrected chi connectivity index (χ2v) is 7.60. The molecule has 9 heteroatoms. The first-order chi connectivity index (χ1) is 13.5. The van der Waals surface area contributed by atoms with E-state index in [-0.39, 0.29) is 16.8 Å². The summed E-state index contributed by atoms with van der Waals surface area (Å²) in [6.07, 6.45) is -0.889. The molecule has 0 aliphatic rings. The fourth-order valence-electron chi connectivity index (χ4n) is 3.37. The molecule has 0 aliphatic heterocycles. The van der Waals surface area contributed by atoms with E-state index in [4.69, 9.17) is 4.74 Å². The molecule has 0 fully saturated rings. The van der Waals surface area contributed by atoms with Crippen molar-refractivity contribution in [1.82, 2.24) is 9.66 Å². The maximum atomic E-state index is 12.9. The molecule has 29 heavy (non-hydrogen) atoms. The third kappa shape index (κ3) is 4.43. The van der Waals surface area contributed by atoms with E-state index >= 15 is 0 Å². The summed E-state index contributed by atoms with van der Waals surface area (Å²) in [7, 11) is 8.22. The average Bonchev–Trinajstić information content (AvgIpc) is 2.66. The van der Waals surface area contributed by atoms with E-state index < -0.39 is 15.8 Å². The first kappa shape index (κ1) is 22.4. The van der Waals surface area contributed by atoms with Crippen LogP contribution >= 0.6 is 0 Å². The number of hydrogen-bond acceptors (Lipinski definition) is 6. The number of hydroxylamine groups is 1. The largest absolute Gasteiger partial charge is 0.606 e. The van der Waals surface area contributed by atoms with Gasteiger partial charge in [0, 0.05) is 24.2 Å². The van der Waals surface area contributed by atoms with Gasteiger partial charge in [0.05, 0.1) is 22.4 Å². The number of carbonyl (C=O) groups is 1. The van der Waals surface area contributed by atoms with Crippen LogP contribution in [0.5, 0.6) is 0 Å². The number of methoxy groups -OCH3 is 1. The predicted molar refractivity (Wildman–Crippen MR) is 109 cm³/mol. The molecule has 1 atom stereocenters. The SMILES string of the molecule is COC(=O)[N+](O)(c1ccccc1CN(C)C)[N+](C)(C)Cc1ccccc1[N+](=O)[O-]. The summed E-state index contributed by atoms with van der Waals surface area (Å²) in [6, 6.07) is 13.3. The van der Waals surface area contributed by atoms with E-state index in [0.29, 0.717) is 17.8 Å². The van der Waals surface area contributed by atoms with Gasteiger partial charge in [-0.3, -0.25) is 10.1 Å². The Morgan fingerprint density at radius 3 is 2.21 bits per heavy atom. The zero-order valence-corrected chi connectivity index (χ0v) is 17.4. The summed E-state index contributed by atoms with van der Waals surface area (Å²) in [6.45, 7) is 0.498. The van der Waals surface area contributed by atoms with Gasteiger partial charge < -0.3 is 9.64 Å². The third-order valence-corrected chi connectivity index (χ3v) is 4.77. The van der Waals surface area contributed by atoms with E-state index in [2.05, 4.69) is 0 Å². The lowest BCUT2D eigenvalue weighted by molar-refractivity contribution is -1.02. The maximum absolute atomic E-state index is 12.9. The number of para-hydroxylation sites is 2. The highest BCUT2D eigenvalue weighted by molar-refractivity contribution is 5.79. The van der Waals surface area contributed by atoms with Crippen molar-refractivity contribution < 1.29 is 24.3 Å². The molecule has 0 aliphatic carbocycles. The van der Waals surface area contributed by atoms with Crippen LogP contribution in [-0.4, -0.2) is 61.0 Å². The van der Waals surface area contributed by atoms with E-state index in [1.165, 1.54) is 13.2 Å². The van der Waals surface area contributed by atoms with Crippen molar-refractivity contribution in [2.24, 2.45) is 0 Å². The molecule has 0 heterocycles. The molecule has 0 bridgehead atoms. The van der Waals surface area contributed by atoms with Crippen molar-refractivity contribution in [3.8, 4) is 0 Å². The van der Waals surface area contributed by atoms with Crippen molar-refractivity contribution in [3.05, 3.63) is 69.8 Å². The molecule has 9 nitrogen and oxygen atoms in total. The van der Waals surface area contributed by atoms with E-state index in [1.54, 1.807) is 44.4 Å². The molecule has 0 saturated carbocycles. The zero-order chi connectivity index (χ0) is 21.8. The number of carbonyl (C=O) groups excluding carboxylic acids is 1. The lowest BCUT2D eigenvalue weighted by Crippen LogP contribution is -2.71. The molecule has 0 spiro atoms. The van der Waals surface area contributed by atoms with Crippen LogP contribution in [0, 0.1) is 10.1 Å². The summed E-state index contributed by atoms with van der Waals surface area (Å²) < 4.78 is 3.40. The fourth-order valence-corrected chi connectivity index (χ4v) is 3.37. The molecule has 1 amide bonds. The highest BCUT2D eigenvalue weighted by atomic mass is 16.7. The van der Waals surface area contributed by atoms with Crippen LogP contribution in [0.3, 0.4) is 0 Å². The van der Waals surface area contributed by atoms with Gasteiger partial charge in [-0.1, -0.05) is 30.3 Å². The van der Waals surface area contributed by atoms with Crippen molar-refractivity contribution >= 4 is 17.5 Å². The zero-order valence-electron chi connectivity index (χ0n) is 17.4. The van der Waals surface area contributed by atoms with Crippen LogP contribution in [0.2, 0.25) is 0 Å². The maximum Gasteiger partial charge on any atom is 0.606 e. The second-order valence-electron chi connectivity index (χ2n) is 7.60. The van der Waals surface area contributed by atoms with Gasteiger partial charge in [0.1, 0.15) is 14.1 Å². The topological polar surface area (TPSA) is 92.9 Å². The molecular formula is C20H28N4O5+2. The Bertz CT molecular complexity index is 900. The number of quaternary nitrogens is 2. The smallest absolute Gasteiger partial charge is 0.417 e. The Balaban J connectivity index is 2.63. The standard InChI is InChI=1S/C20H28N4O5/c1-21(2)14-16-10-7-9-13-19(16)24(28,20(25)29-5)23(3,4)15-17-11-6-8-12-18(17)22(26)27/h6-13,28H,14-15H2,1-5H3/q+2. The molecule has 2 aromatic carbocycles. The van der Waals surface area contributed by atoms with E-state index in [9.17, 15) is 20.1 Å². The molecule has 0 saturated heterocycles. The normalized spacial score (nSPS) is 13.8. The Hall–Kier alpha value is -2.85. The molecule has 2 rings (SSSR count). The predicted octanol–water partition coefficient (Wildman–Crippen LogP) is 3.31. The van der Waals surface area contributed by atoms with Gasteiger partial charge in [0.25, 0.3) is 5.69 Å². The van der Waals surface area contributed by atoms with Crippen molar-refractivity contribution in [2.75, 3.05) is 35.3 Å². The van der Waals surface area contributed by atoms with Crippen LogP contribution in [-0.2, 0) is 17.8 Å². The van der Waals surface area contributed by atoms with Crippen LogP contribution in [0.25, 0.3) is 0 Å². The summed E-state index contributed by atoms with van der Waals surface area (Å²) in [4.78, 5) is 25.7. The summed E-state index contributed by atoms with van der Waals surface area (Å²) >= 11 is 0. The van der Waals surface area contributed by atoms with E-state index in [1.807, 2.05) is 31.1 Å². The lowest BCUT2D eigenvalue weighted by Gasteiger charge is -2.39. The van der Waals surface area contributed by atoms with Crippen LogP contribution in [0.1, 0.15) is 11.1 Å². The number of nitro benzene ring substituents is 1. The van der Waals surface area contributed by atoms with Crippen molar-refractivity contribution in [1.29, 1.82) is 0 Å². The molecule has 0 aromatic heterocycles. The van der Waals surface area contributed by atoms with Gasteiger partial charge in [0.15, 0.2) is 6.54 Å². The van der Waals surface area contributed by atoms with E-state index in [0.717, 1.165) is 5.56 Å². The highest BCUT2D eigenvalue weighted by Crippen LogP contribution is 2.35. The van der Waals surface area contributed by atoms with Gasteiger partial charge >= 0.3 is 6.09 Å². The minimum atomic E-state index is -1.20. The quantitative estimate of drug-likeness (QED) is 0.329. The summed E-state index contributed by atoms with van der Waals surface area (Å²) in [5.74, 6) is 0. The minimum absolute atomic E-state index is 0.0129. The second kappa shape index (κ2) is 8.66. The molecule has 1 unspecified atom stereocenters. The number of amides is 1. The first-order valence-corrected chi connectivity index (χ1v) is 9.04. The molecule has 1 N–H and O–H groups in total. The van der Waals surface area contributed by atoms with Gasteiger partial charge in [-0.2, -0.15) is 4.79 Å². The number of ether oxygens (including phenoxy) is 1. The van der Waals surface area contributed by atoms with Crippen LogP contribution in [0.15, 0.2) is 48.5 Å². The van der Waals surface area contributed by atoms with Gasteiger partial charge in [-0.05, 0) is 20.2 Å². The molecule has 2 aromatic rings. The van der Waals surface area contributed by atoms with Gasteiger partial charge in [-0.25, -0.2) is 0 Å². The molecule has 0 radical (unpaired) electrons. The Morgan fingerprint density at radius 2 is 1.66 bits per heavy atom. The first-order valence-electron chi connectivity index (χ1n) is 9.04. The Morgan fingerprint density at radius 1 is 1.10 bits per heavy atom. The summed E-state index contributed by atoms with van der Waals surface area (Å²) in [5.41, 5.74) is 1.40. The number of hydrogen-bond donors (Lipinski definition) is 1. The Kier molecular flexibility index (Phi) is 6.70. The monoisotopic (exact) mass is 404 g/mol. The van der Waals surface area contributed by atoms with Crippen molar-refractivity contribution in [3.63, 3.8) is 0 Å². The summed E-state index contributed by atoms with van der Waals surface area (Å²) in [5, 5.41) is 23.1. The third-order valence-electron chi connectivity index (χ3n) is 4.77. The van der Waals surface area contributed by atoms with Crippen molar-refractivity contribution in [2.45, 2.75) is 13.1 Å². The number of nitro groups is 1. The minimum Gasteiger partial charge on any atom is -0.417 e. The van der Waals surface area contributed by atoms with Crippen LogP contribution < -0.4 is 4.76 Å². The average molecular weight is 404 g/mol. The van der Waals surface area contributed by atoms with Gasteiger partial charge in [-0.15, -0.1) is 9.80 Å². The lowest BCUT2D eigenvalue weighted by atomic mass is 10.1. The molecular weight excluding hydrogens is 376 g/mol. The highest BCUT2D eigenvalue weighted by Gasteiger charge is 2.57. The number of nitrogens with zero attached hydrogens (tertiary/aromatic N) is 4. The van der Waals surface area contributed by atoms with Gasteiger partial charge in [0.2, 0.25) is 5.69 Å². The number of rotatable bonds is 7. The number of benzene rings is 2. The Labute approximate surface area is 170 Å². The molecule has 156 valence electrons.